The van der Waals surface area contributed by atoms with Crippen molar-refractivity contribution in [2.24, 2.45) is 16.8 Å². The first-order valence-electron chi connectivity index (χ1n) is 13.3. The number of esters is 1. The summed E-state index contributed by atoms with van der Waals surface area (Å²) < 4.78 is 15.9. The quantitative estimate of drug-likeness (QED) is 0.113. The Labute approximate surface area is 238 Å². The topological polar surface area (TPSA) is 106 Å². The van der Waals surface area contributed by atoms with Crippen molar-refractivity contribution < 1.29 is 28.9 Å². The summed E-state index contributed by atoms with van der Waals surface area (Å²) in [5.41, 5.74) is 0.972. The molecular formula is C30H45ClN2O6. The van der Waals surface area contributed by atoms with Crippen molar-refractivity contribution in [2.45, 2.75) is 84.8 Å². The Balaban J connectivity index is 2.58. The van der Waals surface area contributed by atoms with Crippen molar-refractivity contribution in [1.29, 1.82) is 0 Å². The third-order valence-corrected chi connectivity index (χ3v) is 6.42. The van der Waals surface area contributed by atoms with Crippen molar-refractivity contribution >= 4 is 29.7 Å². The summed E-state index contributed by atoms with van der Waals surface area (Å²) in [6, 6.07) is -0.532. The van der Waals surface area contributed by atoms with Gasteiger partial charge in [0.1, 0.15) is 6.10 Å². The van der Waals surface area contributed by atoms with Crippen LogP contribution in [0.15, 0.2) is 63.9 Å². The fourth-order valence-electron chi connectivity index (χ4n) is 3.93. The molecule has 0 saturated heterocycles. The number of allylic oxidation sites excluding steroid dienone is 5. The maximum absolute atomic E-state index is 12.5. The molecule has 1 heterocycles. The number of halogens is 1. The van der Waals surface area contributed by atoms with Gasteiger partial charge in [-0.1, -0.05) is 68.3 Å². The largest absolute Gasteiger partial charge is 0.490 e. The number of amides is 1. The van der Waals surface area contributed by atoms with Gasteiger partial charge in [-0.05, 0) is 45.1 Å². The van der Waals surface area contributed by atoms with E-state index in [2.05, 4.69) is 10.3 Å². The van der Waals surface area contributed by atoms with Crippen LogP contribution in [0.3, 0.4) is 0 Å². The number of ether oxygens (including phenoxy) is 3. The third kappa shape index (κ3) is 13.8. The molecule has 8 nitrogen and oxygen atoms in total. The summed E-state index contributed by atoms with van der Waals surface area (Å²) in [5.74, 6) is -0.536. The van der Waals surface area contributed by atoms with Crippen LogP contribution in [-0.2, 0) is 23.8 Å². The molecule has 0 saturated carbocycles. The minimum Gasteiger partial charge on any atom is -0.490 e. The van der Waals surface area contributed by atoms with E-state index in [1.807, 2.05) is 52.8 Å². The number of carbonyl (C=O) groups excluding carboxylic acids is 2. The van der Waals surface area contributed by atoms with E-state index in [0.717, 1.165) is 17.0 Å². The lowest BCUT2D eigenvalue weighted by molar-refractivity contribution is -0.151. The van der Waals surface area contributed by atoms with E-state index >= 15 is 0 Å². The number of cyclic esters (lactones) is 1. The van der Waals surface area contributed by atoms with Gasteiger partial charge in [0.25, 0.3) is 0 Å². The van der Waals surface area contributed by atoms with Crippen LogP contribution in [0.4, 0.5) is 0 Å². The number of rotatable bonds is 16. The molecule has 2 N–H and O–H groups in total. The highest BCUT2D eigenvalue weighted by Crippen LogP contribution is 2.22. The minimum atomic E-state index is -1.06. The Hall–Kier alpha value is -2.68. The first-order chi connectivity index (χ1) is 18.5. The number of nitrogens with one attached hydrogen (secondary N) is 1. The van der Waals surface area contributed by atoms with Crippen LogP contribution in [0.25, 0.3) is 0 Å². The summed E-state index contributed by atoms with van der Waals surface area (Å²) >= 11 is 5.88. The predicted molar refractivity (Wildman–Crippen MR) is 156 cm³/mol. The van der Waals surface area contributed by atoms with Gasteiger partial charge in [-0.15, -0.1) is 0 Å². The number of hydrogen-bond acceptors (Lipinski definition) is 7. The van der Waals surface area contributed by atoms with Crippen LogP contribution >= 0.6 is 11.6 Å². The van der Waals surface area contributed by atoms with Crippen molar-refractivity contribution in [2.75, 3.05) is 14.2 Å². The summed E-state index contributed by atoms with van der Waals surface area (Å²) in [5, 5.41) is 14.1. The molecule has 0 fully saturated rings. The van der Waals surface area contributed by atoms with Crippen molar-refractivity contribution in [3.8, 4) is 0 Å². The van der Waals surface area contributed by atoms with Crippen molar-refractivity contribution in [3.05, 3.63) is 58.9 Å². The average molecular weight is 565 g/mol. The smallest absolute Gasteiger partial charge is 0.373 e. The van der Waals surface area contributed by atoms with Gasteiger partial charge in [0, 0.05) is 36.8 Å². The van der Waals surface area contributed by atoms with Crippen LogP contribution in [0.5, 0.6) is 0 Å². The molecule has 5 atom stereocenters. The number of aliphatic hydroxyl groups excluding tert-OH is 1. The highest BCUT2D eigenvalue weighted by Gasteiger charge is 2.27. The van der Waals surface area contributed by atoms with Crippen molar-refractivity contribution in [3.63, 3.8) is 0 Å². The summed E-state index contributed by atoms with van der Waals surface area (Å²) in [7, 11) is 3.10. The molecule has 1 aliphatic rings. The second kappa shape index (κ2) is 18.6. The summed E-state index contributed by atoms with van der Waals surface area (Å²) in [6.45, 7) is 9.58. The van der Waals surface area contributed by atoms with Crippen LogP contribution in [0.1, 0.15) is 60.3 Å². The Morgan fingerprint density at radius 2 is 1.95 bits per heavy atom. The highest BCUT2D eigenvalue weighted by atomic mass is 35.5. The molecule has 39 heavy (non-hydrogen) atoms. The van der Waals surface area contributed by atoms with E-state index in [-0.39, 0.29) is 35.7 Å². The Morgan fingerprint density at radius 3 is 2.54 bits per heavy atom. The normalized spacial score (nSPS) is 20.3. The van der Waals surface area contributed by atoms with Crippen LogP contribution in [-0.4, -0.2) is 61.9 Å². The molecule has 1 aliphatic heterocycles. The molecule has 1 amide bonds. The van der Waals surface area contributed by atoms with Gasteiger partial charge in [-0.3, -0.25) is 9.79 Å². The molecule has 0 aromatic rings. The SMILES string of the molecule is COC1=CCC(C(C)C=C(C)C=CC=CC(=O)NC(C(C)C)C(O)N=CCCC(CC=C(C)Cl)OC)OC1=O. The molecule has 0 aliphatic carbocycles. The predicted octanol–water partition coefficient (Wildman–Crippen LogP) is 5.38. The van der Waals surface area contributed by atoms with E-state index in [4.69, 9.17) is 25.8 Å². The number of aliphatic imine (C=N–C) groups is 1. The zero-order valence-corrected chi connectivity index (χ0v) is 25.0. The van der Waals surface area contributed by atoms with Gasteiger partial charge in [-0.2, -0.15) is 0 Å². The monoisotopic (exact) mass is 564 g/mol. The number of methoxy groups -OCH3 is 2. The highest BCUT2D eigenvalue weighted by molar-refractivity contribution is 6.29. The number of carbonyl (C=O) groups is 2. The molecule has 0 spiro atoms. The lowest BCUT2D eigenvalue weighted by Gasteiger charge is -2.25. The maximum Gasteiger partial charge on any atom is 0.373 e. The van der Waals surface area contributed by atoms with Crippen LogP contribution < -0.4 is 5.32 Å². The molecule has 0 aromatic carbocycles. The van der Waals surface area contributed by atoms with Gasteiger partial charge in [0.2, 0.25) is 5.91 Å². The molecule has 218 valence electrons. The van der Waals surface area contributed by atoms with E-state index in [1.165, 1.54) is 13.2 Å². The van der Waals surface area contributed by atoms with E-state index < -0.39 is 18.2 Å². The van der Waals surface area contributed by atoms with E-state index in [0.29, 0.717) is 19.3 Å². The molecule has 9 heteroatoms. The second-order valence-electron chi connectivity index (χ2n) is 9.93. The number of nitrogens with zero attached hydrogens (tertiary/aromatic N) is 1. The lowest BCUT2D eigenvalue weighted by atomic mass is 9.97. The van der Waals surface area contributed by atoms with Gasteiger partial charge >= 0.3 is 5.97 Å². The van der Waals surface area contributed by atoms with Gasteiger partial charge < -0.3 is 24.6 Å². The Kier molecular flexibility index (Phi) is 16.4. The summed E-state index contributed by atoms with van der Waals surface area (Å²) in [6.07, 6.45) is 15.4. The average Bonchev–Trinajstić information content (AvgIpc) is 2.88. The first kappa shape index (κ1) is 34.3. The summed E-state index contributed by atoms with van der Waals surface area (Å²) in [4.78, 5) is 28.6. The molecule has 0 radical (unpaired) electrons. The minimum absolute atomic E-state index is 0.0152. The number of hydrogen-bond donors (Lipinski definition) is 2. The Morgan fingerprint density at radius 1 is 1.26 bits per heavy atom. The number of aliphatic hydroxyl groups is 1. The van der Waals surface area contributed by atoms with Crippen molar-refractivity contribution in [1.82, 2.24) is 5.32 Å². The zero-order valence-electron chi connectivity index (χ0n) is 24.2. The van der Waals surface area contributed by atoms with Crippen LogP contribution in [0.2, 0.25) is 0 Å². The fraction of sp³-hybridized carbons (Fsp3) is 0.567. The fourth-order valence-corrected chi connectivity index (χ4v) is 4.02. The first-order valence-corrected chi connectivity index (χ1v) is 13.7. The third-order valence-electron chi connectivity index (χ3n) is 6.26. The lowest BCUT2D eigenvalue weighted by Crippen LogP contribution is -2.45. The molecule has 5 unspecified atom stereocenters. The molecule has 0 bridgehead atoms. The zero-order chi connectivity index (χ0) is 29.4. The second-order valence-corrected chi connectivity index (χ2v) is 10.5. The molecule has 1 rings (SSSR count). The van der Waals surface area contributed by atoms with E-state index in [1.54, 1.807) is 31.6 Å². The van der Waals surface area contributed by atoms with Crippen LogP contribution in [0, 0.1) is 11.8 Å². The molecular weight excluding hydrogens is 520 g/mol. The van der Waals surface area contributed by atoms with E-state index in [9.17, 15) is 14.7 Å². The Bertz CT molecular complexity index is 962. The molecule has 0 aromatic heterocycles. The van der Waals surface area contributed by atoms with Gasteiger partial charge in [-0.25, -0.2) is 4.79 Å². The van der Waals surface area contributed by atoms with Gasteiger partial charge in [0.05, 0.1) is 19.3 Å². The van der Waals surface area contributed by atoms with Gasteiger partial charge in [0.15, 0.2) is 12.0 Å². The maximum atomic E-state index is 12.5. The standard InChI is InChI=1S/C30H45ClN2O6/c1-20(2)28(29(35)32-18-10-12-24(37-6)15-14-23(5)31)33-27(34)13-9-8-11-21(3)19-22(4)25-16-17-26(38-7)30(36)39-25/h8-9,11,13-14,17-20,22,24-25,28-29,35H,10,12,15-16H2,1-7H3,(H,33,34).